The number of benzene rings is 1. The number of aromatic nitrogens is 1. The largest absolute Gasteiger partial charge is 0.447 e. The fraction of sp³-hybridized carbons (Fsp3) is 0.250. The first kappa shape index (κ1) is 8.68. The van der Waals surface area contributed by atoms with Crippen LogP contribution in [-0.4, -0.2) is 11.5 Å². The number of fused-ring (bicyclic) bond motifs is 1. The van der Waals surface area contributed by atoms with E-state index in [0.29, 0.717) is 0 Å². The predicted octanol–water partition coefficient (Wildman–Crippen LogP) is 1.91. The maximum Gasteiger partial charge on any atom is 0.215 e. The van der Waals surface area contributed by atoms with Crippen LogP contribution < -0.4 is 5.32 Å². The number of oxazole rings is 1. The van der Waals surface area contributed by atoms with Gasteiger partial charge in [0.15, 0.2) is 0 Å². The Hall–Kier alpha value is -1.61. The first-order chi connectivity index (χ1) is 7.45. The molecule has 1 N–H and O–H groups in total. The second-order valence-electron chi connectivity index (χ2n) is 3.71. The first-order valence-corrected chi connectivity index (χ1v) is 5.16. The Labute approximate surface area is 88.1 Å². The lowest BCUT2D eigenvalue weighted by molar-refractivity contribution is 0.421. The van der Waals surface area contributed by atoms with Crippen LogP contribution in [-0.2, 0) is 6.42 Å². The third-order valence-corrected chi connectivity index (χ3v) is 2.81. The highest BCUT2D eigenvalue weighted by molar-refractivity contribution is 5.35. The molecule has 1 unspecified atom stereocenters. The van der Waals surface area contributed by atoms with Crippen LogP contribution in [0.5, 0.6) is 0 Å². The molecule has 3 heteroatoms. The molecule has 15 heavy (non-hydrogen) atoms. The molecule has 1 aliphatic rings. The van der Waals surface area contributed by atoms with Crippen molar-refractivity contribution in [2.75, 3.05) is 6.54 Å². The van der Waals surface area contributed by atoms with Crippen molar-refractivity contribution < 1.29 is 4.42 Å². The molecule has 1 aromatic carbocycles. The van der Waals surface area contributed by atoms with Gasteiger partial charge in [0.1, 0.15) is 12.3 Å². The molecule has 0 saturated heterocycles. The van der Waals surface area contributed by atoms with Crippen LogP contribution in [0.4, 0.5) is 0 Å². The third-order valence-electron chi connectivity index (χ3n) is 2.81. The van der Waals surface area contributed by atoms with Crippen molar-refractivity contribution in [1.82, 2.24) is 10.3 Å². The van der Waals surface area contributed by atoms with Gasteiger partial charge in [0.05, 0.1) is 6.20 Å². The molecular formula is C12H12N2O. The zero-order valence-corrected chi connectivity index (χ0v) is 8.31. The van der Waals surface area contributed by atoms with E-state index < -0.39 is 0 Å². The lowest BCUT2D eigenvalue weighted by atomic mass is 9.94. The molecule has 3 nitrogen and oxygen atoms in total. The normalized spacial score (nSPS) is 19.9. The molecule has 76 valence electrons. The maximum atomic E-state index is 5.36. The minimum absolute atomic E-state index is 0.116. The van der Waals surface area contributed by atoms with E-state index in [4.69, 9.17) is 4.42 Å². The van der Waals surface area contributed by atoms with Gasteiger partial charge in [-0.25, -0.2) is 4.98 Å². The van der Waals surface area contributed by atoms with Gasteiger partial charge in [-0.2, -0.15) is 0 Å². The molecule has 2 aromatic rings. The fourth-order valence-electron chi connectivity index (χ4n) is 2.10. The van der Waals surface area contributed by atoms with Gasteiger partial charge in [-0.3, -0.25) is 0 Å². The van der Waals surface area contributed by atoms with Crippen molar-refractivity contribution >= 4 is 0 Å². The summed E-state index contributed by atoms with van der Waals surface area (Å²) < 4.78 is 5.36. The SMILES string of the molecule is c1ccc2c(c1)CCNC2c1ncco1. The quantitative estimate of drug-likeness (QED) is 0.764. The summed E-state index contributed by atoms with van der Waals surface area (Å²) in [7, 11) is 0. The highest BCUT2D eigenvalue weighted by Crippen LogP contribution is 2.27. The summed E-state index contributed by atoms with van der Waals surface area (Å²) in [5, 5.41) is 3.42. The number of hydrogen-bond donors (Lipinski definition) is 1. The standard InChI is InChI=1S/C12H12N2O/c1-2-4-10-9(3-1)5-6-13-11(10)12-14-7-8-15-12/h1-4,7-8,11,13H,5-6H2. The van der Waals surface area contributed by atoms with Crippen molar-refractivity contribution in [3.05, 3.63) is 53.7 Å². The zero-order valence-electron chi connectivity index (χ0n) is 8.31. The highest BCUT2D eigenvalue weighted by Gasteiger charge is 2.23. The van der Waals surface area contributed by atoms with Gasteiger partial charge in [-0.05, 0) is 17.5 Å². The van der Waals surface area contributed by atoms with Crippen LogP contribution >= 0.6 is 0 Å². The Morgan fingerprint density at radius 1 is 1.33 bits per heavy atom. The number of rotatable bonds is 1. The smallest absolute Gasteiger partial charge is 0.215 e. The van der Waals surface area contributed by atoms with Gasteiger partial charge < -0.3 is 9.73 Å². The summed E-state index contributed by atoms with van der Waals surface area (Å²) in [6, 6.07) is 8.56. The van der Waals surface area contributed by atoms with E-state index in [1.807, 2.05) is 0 Å². The van der Waals surface area contributed by atoms with Crippen LogP contribution in [0, 0.1) is 0 Å². The van der Waals surface area contributed by atoms with Crippen LogP contribution in [0.2, 0.25) is 0 Å². The van der Waals surface area contributed by atoms with E-state index in [1.165, 1.54) is 11.1 Å². The average Bonchev–Trinajstić information content (AvgIpc) is 2.82. The molecule has 1 aromatic heterocycles. The van der Waals surface area contributed by atoms with Gasteiger partial charge in [0.2, 0.25) is 5.89 Å². The molecule has 0 saturated carbocycles. The molecule has 0 spiro atoms. The van der Waals surface area contributed by atoms with Crippen LogP contribution in [0.15, 0.2) is 41.1 Å². The van der Waals surface area contributed by atoms with Crippen molar-refractivity contribution in [3.8, 4) is 0 Å². The Bertz CT molecular complexity index is 450. The third kappa shape index (κ3) is 1.45. The Kier molecular flexibility index (Phi) is 2.03. The molecule has 2 heterocycles. The Balaban J connectivity index is 2.06. The minimum atomic E-state index is 0.116. The van der Waals surface area contributed by atoms with Gasteiger partial charge in [-0.15, -0.1) is 0 Å². The zero-order chi connectivity index (χ0) is 10.1. The summed E-state index contributed by atoms with van der Waals surface area (Å²) in [6.45, 7) is 0.976. The lowest BCUT2D eigenvalue weighted by Crippen LogP contribution is -2.30. The minimum Gasteiger partial charge on any atom is -0.447 e. The number of nitrogens with one attached hydrogen (secondary N) is 1. The van der Waals surface area contributed by atoms with Crippen molar-refractivity contribution in [3.63, 3.8) is 0 Å². The average molecular weight is 200 g/mol. The topological polar surface area (TPSA) is 38.1 Å². The van der Waals surface area contributed by atoms with E-state index in [9.17, 15) is 0 Å². The number of nitrogens with zero attached hydrogens (tertiary/aromatic N) is 1. The summed E-state index contributed by atoms with van der Waals surface area (Å²) >= 11 is 0. The van der Waals surface area contributed by atoms with E-state index in [0.717, 1.165) is 18.9 Å². The Morgan fingerprint density at radius 2 is 2.27 bits per heavy atom. The molecule has 3 rings (SSSR count). The van der Waals surface area contributed by atoms with Crippen LogP contribution in [0.1, 0.15) is 23.1 Å². The fourth-order valence-corrected chi connectivity index (χ4v) is 2.10. The molecule has 0 aliphatic carbocycles. The predicted molar refractivity (Wildman–Crippen MR) is 56.5 cm³/mol. The van der Waals surface area contributed by atoms with Crippen molar-refractivity contribution in [1.29, 1.82) is 0 Å². The number of hydrogen-bond acceptors (Lipinski definition) is 3. The maximum absolute atomic E-state index is 5.36. The van der Waals surface area contributed by atoms with E-state index in [1.54, 1.807) is 12.5 Å². The monoisotopic (exact) mass is 200 g/mol. The van der Waals surface area contributed by atoms with E-state index >= 15 is 0 Å². The van der Waals surface area contributed by atoms with Crippen LogP contribution in [0.25, 0.3) is 0 Å². The van der Waals surface area contributed by atoms with Gasteiger partial charge in [-0.1, -0.05) is 24.3 Å². The van der Waals surface area contributed by atoms with Gasteiger partial charge in [0.25, 0.3) is 0 Å². The molecular weight excluding hydrogens is 188 g/mol. The van der Waals surface area contributed by atoms with Gasteiger partial charge >= 0.3 is 0 Å². The summed E-state index contributed by atoms with van der Waals surface area (Å²) in [4.78, 5) is 4.21. The molecule has 0 bridgehead atoms. The molecule has 0 radical (unpaired) electrons. The molecule has 1 atom stereocenters. The van der Waals surface area contributed by atoms with Crippen LogP contribution in [0.3, 0.4) is 0 Å². The van der Waals surface area contributed by atoms with E-state index in [-0.39, 0.29) is 6.04 Å². The van der Waals surface area contributed by atoms with Crippen molar-refractivity contribution in [2.24, 2.45) is 0 Å². The summed E-state index contributed by atoms with van der Waals surface area (Å²) in [5.74, 6) is 0.752. The van der Waals surface area contributed by atoms with Gasteiger partial charge in [0, 0.05) is 6.54 Å². The molecule has 0 amide bonds. The molecule has 1 aliphatic heterocycles. The lowest BCUT2D eigenvalue weighted by Gasteiger charge is -2.24. The summed E-state index contributed by atoms with van der Waals surface area (Å²) in [6.07, 6.45) is 4.38. The van der Waals surface area contributed by atoms with Crippen molar-refractivity contribution in [2.45, 2.75) is 12.5 Å². The second kappa shape index (κ2) is 3.51. The molecule has 0 fully saturated rings. The van der Waals surface area contributed by atoms with E-state index in [2.05, 4.69) is 34.6 Å². The highest BCUT2D eigenvalue weighted by atomic mass is 16.3. The summed E-state index contributed by atoms with van der Waals surface area (Å²) in [5.41, 5.74) is 2.67. The second-order valence-corrected chi connectivity index (χ2v) is 3.71. The first-order valence-electron chi connectivity index (χ1n) is 5.16. The Morgan fingerprint density at radius 3 is 3.13 bits per heavy atom.